The average Bonchev–Trinajstić information content (AvgIpc) is 3.32. The summed E-state index contributed by atoms with van der Waals surface area (Å²) in [4.78, 5) is 0. The molecular weight excluding hydrogens is 326 g/mol. The molecule has 1 saturated heterocycles. The van der Waals surface area contributed by atoms with E-state index in [1.54, 1.807) is 0 Å². The van der Waals surface area contributed by atoms with Gasteiger partial charge in [-0.2, -0.15) is 0 Å². The van der Waals surface area contributed by atoms with Crippen molar-refractivity contribution >= 4 is 15.9 Å². The molecule has 3 heteroatoms. The van der Waals surface area contributed by atoms with Crippen LogP contribution in [0.1, 0.15) is 37.7 Å². The maximum atomic E-state index is 5.50. The summed E-state index contributed by atoms with van der Waals surface area (Å²) in [7, 11) is 0. The van der Waals surface area contributed by atoms with E-state index in [1.165, 1.54) is 55.1 Å². The molecule has 1 aliphatic carbocycles. The molecule has 0 amide bonds. The van der Waals surface area contributed by atoms with Crippen molar-refractivity contribution < 1.29 is 4.74 Å². The van der Waals surface area contributed by atoms with Gasteiger partial charge in [-0.25, -0.2) is 0 Å². The molecule has 116 valence electrons. The van der Waals surface area contributed by atoms with E-state index in [1.807, 2.05) is 0 Å². The number of rotatable bonds is 7. The number of ether oxygens (including phenoxy) is 1. The lowest BCUT2D eigenvalue weighted by molar-refractivity contribution is 0.0584. The first-order chi connectivity index (χ1) is 10.3. The van der Waals surface area contributed by atoms with Crippen LogP contribution in [-0.4, -0.2) is 25.8 Å². The zero-order valence-corrected chi connectivity index (χ0v) is 14.3. The van der Waals surface area contributed by atoms with Gasteiger partial charge in [0.2, 0.25) is 0 Å². The van der Waals surface area contributed by atoms with Crippen molar-refractivity contribution in [2.75, 3.05) is 19.8 Å². The van der Waals surface area contributed by atoms with Gasteiger partial charge in [0.1, 0.15) is 0 Å². The lowest BCUT2D eigenvalue weighted by atomic mass is 9.85. The van der Waals surface area contributed by atoms with Crippen LogP contribution in [0.5, 0.6) is 0 Å². The summed E-state index contributed by atoms with van der Waals surface area (Å²) in [6.07, 6.45) is 7.80. The zero-order valence-electron chi connectivity index (χ0n) is 12.7. The van der Waals surface area contributed by atoms with Gasteiger partial charge in [-0.1, -0.05) is 28.1 Å². The van der Waals surface area contributed by atoms with Crippen LogP contribution in [-0.2, 0) is 11.2 Å². The minimum absolute atomic E-state index is 0.759. The predicted molar refractivity (Wildman–Crippen MR) is 90.5 cm³/mol. The number of hydrogen-bond donors (Lipinski definition) is 1. The van der Waals surface area contributed by atoms with E-state index in [2.05, 4.69) is 45.5 Å². The molecule has 1 atom stereocenters. The van der Waals surface area contributed by atoms with Crippen molar-refractivity contribution in [1.29, 1.82) is 0 Å². The van der Waals surface area contributed by atoms with Gasteiger partial charge in [-0.05, 0) is 74.6 Å². The predicted octanol–water partition coefficient (Wildman–Crippen LogP) is 4.18. The molecule has 2 aliphatic rings. The summed E-state index contributed by atoms with van der Waals surface area (Å²) in [5, 5.41) is 3.74. The van der Waals surface area contributed by atoms with Crippen LogP contribution in [0.3, 0.4) is 0 Å². The highest BCUT2D eigenvalue weighted by Crippen LogP contribution is 2.27. The Morgan fingerprint density at radius 3 is 2.48 bits per heavy atom. The second-order valence-corrected chi connectivity index (χ2v) is 7.59. The summed E-state index contributed by atoms with van der Waals surface area (Å²) < 4.78 is 6.67. The number of nitrogens with one attached hydrogen (secondary N) is 1. The quantitative estimate of drug-likeness (QED) is 0.795. The molecule has 0 radical (unpaired) electrons. The SMILES string of the molecule is Brc1ccc(CC(CNC2CC2)CC2CCOCC2)cc1. The standard InChI is InChI=1S/C18H26BrNO/c19-17-3-1-14(2-4-17)11-16(13-20-18-5-6-18)12-15-7-9-21-10-8-15/h1-4,15-16,18,20H,5-13H2. The van der Waals surface area contributed by atoms with Gasteiger partial charge in [0.15, 0.2) is 0 Å². The smallest absolute Gasteiger partial charge is 0.0468 e. The van der Waals surface area contributed by atoms with E-state index in [9.17, 15) is 0 Å². The maximum absolute atomic E-state index is 5.50. The van der Waals surface area contributed by atoms with Crippen LogP contribution in [0.4, 0.5) is 0 Å². The minimum Gasteiger partial charge on any atom is -0.381 e. The molecule has 1 heterocycles. The van der Waals surface area contributed by atoms with Gasteiger partial charge >= 0.3 is 0 Å². The van der Waals surface area contributed by atoms with E-state index in [0.717, 1.165) is 31.1 Å². The molecule has 1 saturated carbocycles. The number of halogens is 1. The normalized spacial score (nSPS) is 21.4. The molecular formula is C18H26BrNO. The third kappa shape index (κ3) is 5.39. The topological polar surface area (TPSA) is 21.3 Å². The molecule has 1 aliphatic heterocycles. The highest BCUT2D eigenvalue weighted by Gasteiger charge is 2.24. The Kier molecular flexibility index (Phi) is 5.73. The van der Waals surface area contributed by atoms with Crippen LogP contribution in [0.2, 0.25) is 0 Å². The second-order valence-electron chi connectivity index (χ2n) is 6.67. The Bertz CT molecular complexity index is 423. The molecule has 0 spiro atoms. The summed E-state index contributed by atoms with van der Waals surface area (Å²) in [6, 6.07) is 9.66. The highest BCUT2D eigenvalue weighted by molar-refractivity contribution is 9.10. The van der Waals surface area contributed by atoms with Gasteiger partial charge in [0, 0.05) is 23.7 Å². The van der Waals surface area contributed by atoms with Crippen LogP contribution >= 0.6 is 15.9 Å². The van der Waals surface area contributed by atoms with Gasteiger partial charge in [-0.3, -0.25) is 0 Å². The molecule has 21 heavy (non-hydrogen) atoms. The fourth-order valence-electron chi connectivity index (χ4n) is 3.27. The van der Waals surface area contributed by atoms with Crippen LogP contribution < -0.4 is 5.32 Å². The molecule has 1 aromatic carbocycles. The van der Waals surface area contributed by atoms with E-state index in [4.69, 9.17) is 4.74 Å². The molecule has 0 aromatic heterocycles. The van der Waals surface area contributed by atoms with Crippen molar-refractivity contribution in [2.24, 2.45) is 11.8 Å². The highest BCUT2D eigenvalue weighted by atomic mass is 79.9. The fraction of sp³-hybridized carbons (Fsp3) is 0.667. The van der Waals surface area contributed by atoms with Crippen molar-refractivity contribution in [1.82, 2.24) is 5.32 Å². The van der Waals surface area contributed by atoms with Crippen molar-refractivity contribution in [3.8, 4) is 0 Å². The lowest BCUT2D eigenvalue weighted by Gasteiger charge is -2.27. The Morgan fingerprint density at radius 2 is 1.81 bits per heavy atom. The van der Waals surface area contributed by atoms with Crippen LogP contribution in [0.25, 0.3) is 0 Å². The van der Waals surface area contributed by atoms with Crippen LogP contribution in [0.15, 0.2) is 28.7 Å². The molecule has 1 N–H and O–H groups in total. The lowest BCUT2D eigenvalue weighted by Crippen LogP contribution is -2.29. The van der Waals surface area contributed by atoms with E-state index in [-0.39, 0.29) is 0 Å². The van der Waals surface area contributed by atoms with E-state index in [0.29, 0.717) is 0 Å². The number of hydrogen-bond acceptors (Lipinski definition) is 2. The molecule has 0 bridgehead atoms. The molecule has 2 nitrogen and oxygen atoms in total. The first-order valence-corrected chi connectivity index (χ1v) is 9.14. The molecule has 2 fully saturated rings. The number of benzene rings is 1. The zero-order chi connectivity index (χ0) is 14.5. The minimum atomic E-state index is 0.759. The van der Waals surface area contributed by atoms with Gasteiger partial charge in [0.05, 0.1) is 0 Å². The average molecular weight is 352 g/mol. The fourth-order valence-corrected chi connectivity index (χ4v) is 3.53. The Hall–Kier alpha value is -0.380. The Balaban J connectivity index is 1.55. The second kappa shape index (κ2) is 7.75. The maximum Gasteiger partial charge on any atom is 0.0468 e. The summed E-state index contributed by atoms with van der Waals surface area (Å²) >= 11 is 3.52. The van der Waals surface area contributed by atoms with Crippen molar-refractivity contribution in [2.45, 2.75) is 44.6 Å². The monoisotopic (exact) mass is 351 g/mol. The molecule has 1 aromatic rings. The summed E-state index contributed by atoms with van der Waals surface area (Å²) in [5.41, 5.74) is 1.47. The summed E-state index contributed by atoms with van der Waals surface area (Å²) in [5.74, 6) is 1.62. The van der Waals surface area contributed by atoms with Gasteiger partial charge in [-0.15, -0.1) is 0 Å². The third-order valence-electron chi connectivity index (χ3n) is 4.72. The van der Waals surface area contributed by atoms with Gasteiger partial charge in [0.25, 0.3) is 0 Å². The molecule has 3 rings (SSSR count). The van der Waals surface area contributed by atoms with Crippen molar-refractivity contribution in [3.05, 3.63) is 34.3 Å². The van der Waals surface area contributed by atoms with Crippen molar-refractivity contribution in [3.63, 3.8) is 0 Å². The van der Waals surface area contributed by atoms with Gasteiger partial charge < -0.3 is 10.1 Å². The molecule has 1 unspecified atom stereocenters. The Labute approximate surface area is 136 Å². The first-order valence-electron chi connectivity index (χ1n) is 8.35. The Morgan fingerprint density at radius 1 is 1.10 bits per heavy atom. The van der Waals surface area contributed by atoms with E-state index < -0.39 is 0 Å². The first kappa shape index (κ1) is 15.5. The summed E-state index contributed by atoms with van der Waals surface area (Å²) in [6.45, 7) is 3.11. The largest absolute Gasteiger partial charge is 0.381 e. The van der Waals surface area contributed by atoms with Crippen LogP contribution in [0, 0.1) is 11.8 Å². The van der Waals surface area contributed by atoms with E-state index >= 15 is 0 Å². The third-order valence-corrected chi connectivity index (χ3v) is 5.25.